The molecule has 0 radical (unpaired) electrons. The number of rotatable bonds is 6. The maximum absolute atomic E-state index is 13.6. The van der Waals surface area contributed by atoms with Gasteiger partial charge in [-0.3, -0.25) is 4.90 Å². The average Bonchev–Trinajstić information content (AvgIpc) is 3.50. The number of nitrogens with one attached hydrogen (secondary N) is 1. The van der Waals surface area contributed by atoms with E-state index in [1.165, 1.54) is 11.1 Å². The van der Waals surface area contributed by atoms with Crippen LogP contribution in [-0.4, -0.2) is 47.6 Å². The minimum atomic E-state index is -0.587. The van der Waals surface area contributed by atoms with Gasteiger partial charge < -0.3 is 23.9 Å². The van der Waals surface area contributed by atoms with Crippen molar-refractivity contribution in [2.45, 2.75) is 51.5 Å². The first kappa shape index (κ1) is 26.7. The SMILES string of the molecule is CCc1ccc(OC(=O)N2CCc3c([nH]c4ccc(Cl)cc34)[C@@H]2c2ccc(OC[C@H]3COC(C)(C)O3)cc2)cc1. The zero-order chi connectivity index (χ0) is 27.9. The Bertz CT molecular complexity index is 1510. The summed E-state index contributed by atoms with van der Waals surface area (Å²) in [6, 6.07) is 21.0. The highest BCUT2D eigenvalue weighted by Gasteiger charge is 2.36. The minimum Gasteiger partial charge on any atom is -0.491 e. The van der Waals surface area contributed by atoms with Crippen LogP contribution in [0.4, 0.5) is 4.79 Å². The standard InChI is InChI=1S/C32H33ClN2O5/c1-4-20-5-10-24(11-6-20)39-31(36)35-16-15-26-27-17-22(33)9-14-28(27)34-29(26)30(35)21-7-12-23(13-8-21)37-18-25-19-38-32(2,3)40-25/h5-14,17,25,30,34H,4,15-16,18-19H2,1-3H3/t25-,30-/m0/s1. The van der Waals surface area contributed by atoms with Gasteiger partial charge in [0.2, 0.25) is 0 Å². The molecule has 7 nitrogen and oxygen atoms in total. The van der Waals surface area contributed by atoms with E-state index < -0.39 is 11.9 Å². The van der Waals surface area contributed by atoms with Crippen LogP contribution in [0.3, 0.4) is 0 Å². The molecule has 3 aromatic carbocycles. The molecule has 1 fully saturated rings. The molecular weight excluding hydrogens is 528 g/mol. The predicted molar refractivity (Wildman–Crippen MR) is 154 cm³/mol. The van der Waals surface area contributed by atoms with E-state index in [2.05, 4.69) is 11.9 Å². The van der Waals surface area contributed by atoms with Gasteiger partial charge in [0.15, 0.2) is 5.79 Å². The summed E-state index contributed by atoms with van der Waals surface area (Å²) < 4.78 is 23.3. The largest absolute Gasteiger partial charge is 0.491 e. The van der Waals surface area contributed by atoms with Gasteiger partial charge in [-0.05, 0) is 85.8 Å². The monoisotopic (exact) mass is 560 g/mol. The lowest BCUT2D eigenvalue weighted by atomic mass is 9.92. The molecule has 0 unspecified atom stereocenters. The highest BCUT2D eigenvalue weighted by Crippen LogP contribution is 2.40. The number of hydrogen-bond acceptors (Lipinski definition) is 5. The van der Waals surface area contributed by atoms with Crippen LogP contribution in [0.2, 0.25) is 5.02 Å². The fourth-order valence-corrected chi connectivity index (χ4v) is 5.71. The second-order valence-corrected chi connectivity index (χ2v) is 11.2. The normalized spacial score (nSPS) is 19.9. The van der Waals surface area contributed by atoms with E-state index in [1.807, 2.05) is 80.6 Å². The van der Waals surface area contributed by atoms with Gasteiger partial charge in [-0.1, -0.05) is 42.8 Å². The lowest BCUT2D eigenvalue weighted by molar-refractivity contribution is -0.141. The van der Waals surface area contributed by atoms with E-state index >= 15 is 0 Å². The smallest absolute Gasteiger partial charge is 0.416 e. The van der Waals surface area contributed by atoms with Crippen LogP contribution in [0.25, 0.3) is 10.9 Å². The van der Waals surface area contributed by atoms with Crippen LogP contribution >= 0.6 is 11.6 Å². The molecule has 0 aliphatic carbocycles. The minimum absolute atomic E-state index is 0.120. The maximum Gasteiger partial charge on any atom is 0.416 e. The fraction of sp³-hybridized carbons (Fsp3) is 0.344. The number of aryl methyl sites for hydroxylation is 1. The summed E-state index contributed by atoms with van der Waals surface area (Å²) in [4.78, 5) is 18.9. The Morgan fingerprint density at radius 1 is 1.07 bits per heavy atom. The van der Waals surface area contributed by atoms with Crippen LogP contribution < -0.4 is 9.47 Å². The fourth-order valence-electron chi connectivity index (χ4n) is 5.54. The lowest BCUT2D eigenvalue weighted by Gasteiger charge is -2.35. The summed E-state index contributed by atoms with van der Waals surface area (Å²) in [5, 5.41) is 1.77. The second kappa shape index (κ2) is 10.8. The molecule has 208 valence electrons. The number of nitrogens with zero attached hydrogens (tertiary/aromatic N) is 1. The number of aromatic nitrogens is 1. The van der Waals surface area contributed by atoms with Gasteiger partial charge in [-0.2, -0.15) is 0 Å². The number of carbonyl (C=O) groups is 1. The number of halogens is 1. The summed E-state index contributed by atoms with van der Waals surface area (Å²) in [6.45, 7) is 7.30. The van der Waals surface area contributed by atoms with Crippen molar-refractivity contribution in [2.75, 3.05) is 19.8 Å². The van der Waals surface area contributed by atoms with Crippen molar-refractivity contribution in [1.82, 2.24) is 9.88 Å². The zero-order valence-corrected chi connectivity index (χ0v) is 23.7. The molecule has 40 heavy (non-hydrogen) atoms. The molecule has 1 saturated heterocycles. The highest BCUT2D eigenvalue weighted by atomic mass is 35.5. The molecule has 1 N–H and O–H groups in total. The quantitative estimate of drug-likeness (QED) is 0.273. The van der Waals surface area contributed by atoms with Crippen LogP contribution in [-0.2, 0) is 22.3 Å². The van der Waals surface area contributed by atoms with Crippen molar-refractivity contribution in [3.63, 3.8) is 0 Å². The summed E-state index contributed by atoms with van der Waals surface area (Å²) >= 11 is 6.34. The Morgan fingerprint density at radius 3 is 2.52 bits per heavy atom. The zero-order valence-electron chi connectivity index (χ0n) is 22.9. The van der Waals surface area contributed by atoms with Gasteiger partial charge in [0.05, 0.1) is 6.61 Å². The Kier molecular flexibility index (Phi) is 7.21. The van der Waals surface area contributed by atoms with Crippen molar-refractivity contribution in [3.8, 4) is 11.5 Å². The summed E-state index contributed by atoms with van der Waals surface area (Å²) in [6.07, 6.45) is 1.11. The van der Waals surface area contributed by atoms with Gasteiger partial charge in [-0.15, -0.1) is 0 Å². The van der Waals surface area contributed by atoms with Gasteiger partial charge in [0.25, 0.3) is 0 Å². The third-order valence-corrected chi connectivity index (χ3v) is 7.79. The Labute approximate surface area is 238 Å². The van der Waals surface area contributed by atoms with E-state index in [1.54, 1.807) is 4.90 Å². The van der Waals surface area contributed by atoms with Crippen LogP contribution in [0.1, 0.15) is 49.2 Å². The first-order chi connectivity index (χ1) is 19.3. The van der Waals surface area contributed by atoms with E-state index in [-0.39, 0.29) is 12.1 Å². The molecule has 1 aromatic heterocycles. The van der Waals surface area contributed by atoms with E-state index in [4.69, 9.17) is 30.5 Å². The van der Waals surface area contributed by atoms with E-state index in [0.29, 0.717) is 37.0 Å². The molecule has 3 heterocycles. The van der Waals surface area contributed by atoms with Crippen LogP contribution in [0.5, 0.6) is 11.5 Å². The highest BCUT2D eigenvalue weighted by molar-refractivity contribution is 6.31. The molecule has 0 bridgehead atoms. The number of benzene rings is 3. The number of H-pyrrole nitrogens is 1. The summed E-state index contributed by atoms with van der Waals surface area (Å²) in [5.41, 5.74) is 5.27. The molecule has 2 atom stereocenters. The molecule has 0 saturated carbocycles. The summed E-state index contributed by atoms with van der Waals surface area (Å²) in [7, 11) is 0. The first-order valence-corrected chi connectivity index (χ1v) is 14.1. The van der Waals surface area contributed by atoms with Crippen LogP contribution in [0, 0.1) is 0 Å². The number of amides is 1. The Morgan fingerprint density at radius 2 is 1.82 bits per heavy atom. The average molecular weight is 561 g/mol. The van der Waals surface area contributed by atoms with Gasteiger partial charge in [0.1, 0.15) is 30.3 Å². The van der Waals surface area contributed by atoms with Gasteiger partial charge in [-0.25, -0.2) is 4.79 Å². The maximum atomic E-state index is 13.6. The molecular formula is C32H33ClN2O5. The number of ether oxygens (including phenoxy) is 4. The summed E-state index contributed by atoms with van der Waals surface area (Å²) in [5.74, 6) is 0.665. The molecule has 4 aromatic rings. The van der Waals surface area contributed by atoms with Crippen LogP contribution in [0.15, 0.2) is 66.7 Å². The Hall–Kier alpha value is -3.52. The van der Waals surface area contributed by atoms with Crippen molar-refractivity contribution in [2.24, 2.45) is 0 Å². The number of carbonyl (C=O) groups excluding carboxylic acids is 1. The second-order valence-electron chi connectivity index (χ2n) is 10.7. The third-order valence-electron chi connectivity index (χ3n) is 7.56. The van der Waals surface area contributed by atoms with Crippen molar-refractivity contribution in [3.05, 3.63) is 94.1 Å². The van der Waals surface area contributed by atoms with Crippen molar-refractivity contribution in [1.29, 1.82) is 0 Å². The predicted octanol–water partition coefficient (Wildman–Crippen LogP) is 7.06. The Balaban J connectivity index is 1.28. The third kappa shape index (κ3) is 5.42. The molecule has 6 rings (SSSR count). The van der Waals surface area contributed by atoms with Gasteiger partial charge in [0, 0.05) is 28.2 Å². The lowest BCUT2D eigenvalue weighted by Crippen LogP contribution is -2.42. The molecule has 2 aliphatic heterocycles. The molecule has 1 amide bonds. The molecule has 2 aliphatic rings. The molecule has 8 heteroatoms. The first-order valence-electron chi connectivity index (χ1n) is 13.7. The number of fused-ring (bicyclic) bond motifs is 3. The molecule has 0 spiro atoms. The van der Waals surface area contributed by atoms with E-state index in [0.717, 1.165) is 34.3 Å². The van der Waals surface area contributed by atoms with Crippen molar-refractivity contribution >= 4 is 28.6 Å². The van der Waals surface area contributed by atoms with Gasteiger partial charge >= 0.3 is 6.09 Å². The number of hydrogen-bond donors (Lipinski definition) is 1. The topological polar surface area (TPSA) is 73.0 Å². The number of aromatic amines is 1. The van der Waals surface area contributed by atoms with E-state index in [9.17, 15) is 4.79 Å². The van der Waals surface area contributed by atoms with Crippen molar-refractivity contribution < 1.29 is 23.7 Å².